The van der Waals surface area contributed by atoms with Crippen LogP contribution in [0.4, 0.5) is 0 Å². The fraction of sp³-hybridized carbons (Fsp3) is 0.800. The van der Waals surface area contributed by atoms with E-state index in [-0.39, 0.29) is 0 Å². The molecule has 0 heterocycles. The molecule has 1 saturated carbocycles. The van der Waals surface area contributed by atoms with Crippen molar-refractivity contribution in [2.24, 2.45) is 11.8 Å². The zero-order valence-corrected chi connectivity index (χ0v) is 7.34. The summed E-state index contributed by atoms with van der Waals surface area (Å²) >= 11 is 0. The van der Waals surface area contributed by atoms with Gasteiger partial charge >= 0.3 is 0 Å². The summed E-state index contributed by atoms with van der Waals surface area (Å²) in [6.07, 6.45) is 4.70. The first-order valence-electron chi connectivity index (χ1n) is 4.54. The van der Waals surface area contributed by atoms with E-state index >= 15 is 0 Å². The fourth-order valence-corrected chi connectivity index (χ4v) is 2.07. The summed E-state index contributed by atoms with van der Waals surface area (Å²) in [5.74, 6) is 1.33. The molecule has 0 saturated heterocycles. The Hall–Kier alpha value is -0.300. The van der Waals surface area contributed by atoms with Crippen LogP contribution in [0.15, 0.2) is 12.2 Å². The standard InChI is InChI=1S/C10H18O/c1-8-4-3-5-9(2)10(8)6-7-11/h9-11H,1,3-7H2,2H3/t9-,10+/m1/s1. The lowest BCUT2D eigenvalue weighted by Crippen LogP contribution is -2.19. The van der Waals surface area contributed by atoms with Gasteiger partial charge in [-0.2, -0.15) is 0 Å². The molecular weight excluding hydrogens is 136 g/mol. The first-order chi connectivity index (χ1) is 5.25. The third-order valence-corrected chi connectivity index (χ3v) is 2.81. The van der Waals surface area contributed by atoms with E-state index in [0.29, 0.717) is 12.5 Å². The molecule has 0 amide bonds. The lowest BCUT2D eigenvalue weighted by molar-refractivity contribution is 0.223. The van der Waals surface area contributed by atoms with Crippen LogP contribution in [0, 0.1) is 11.8 Å². The summed E-state index contributed by atoms with van der Waals surface area (Å²) in [6.45, 7) is 6.64. The van der Waals surface area contributed by atoms with Crippen LogP contribution in [-0.2, 0) is 0 Å². The lowest BCUT2D eigenvalue weighted by atomic mass is 9.76. The van der Waals surface area contributed by atoms with Crippen molar-refractivity contribution in [2.45, 2.75) is 32.6 Å². The third kappa shape index (κ3) is 2.06. The Morgan fingerprint density at radius 3 is 2.91 bits per heavy atom. The number of hydrogen-bond acceptors (Lipinski definition) is 1. The molecule has 1 nitrogen and oxygen atoms in total. The van der Waals surface area contributed by atoms with Gasteiger partial charge in [-0.05, 0) is 37.5 Å². The maximum absolute atomic E-state index is 8.81. The van der Waals surface area contributed by atoms with Gasteiger partial charge in [0.2, 0.25) is 0 Å². The Balaban J connectivity index is 2.48. The van der Waals surface area contributed by atoms with Gasteiger partial charge in [0.15, 0.2) is 0 Å². The Labute approximate surface area is 69.1 Å². The number of hydrogen-bond donors (Lipinski definition) is 1. The third-order valence-electron chi connectivity index (χ3n) is 2.81. The average Bonchev–Trinajstić information content (AvgIpc) is 1.97. The molecule has 1 fully saturated rings. The van der Waals surface area contributed by atoms with Crippen molar-refractivity contribution in [1.29, 1.82) is 0 Å². The highest BCUT2D eigenvalue weighted by Gasteiger charge is 2.23. The first kappa shape index (κ1) is 8.79. The molecule has 1 rings (SSSR count). The molecule has 0 aliphatic heterocycles. The Kier molecular flexibility index (Phi) is 3.13. The van der Waals surface area contributed by atoms with Crippen molar-refractivity contribution in [2.75, 3.05) is 6.61 Å². The average molecular weight is 154 g/mol. The molecule has 1 aliphatic carbocycles. The smallest absolute Gasteiger partial charge is 0.0436 e. The minimum absolute atomic E-state index is 0.314. The molecule has 0 spiro atoms. The van der Waals surface area contributed by atoms with E-state index in [0.717, 1.165) is 12.3 Å². The quantitative estimate of drug-likeness (QED) is 0.605. The summed E-state index contributed by atoms with van der Waals surface area (Å²) in [5, 5.41) is 8.81. The topological polar surface area (TPSA) is 20.2 Å². The maximum Gasteiger partial charge on any atom is 0.0436 e. The molecule has 0 unspecified atom stereocenters. The highest BCUT2D eigenvalue weighted by atomic mass is 16.3. The predicted molar refractivity (Wildman–Crippen MR) is 47.3 cm³/mol. The van der Waals surface area contributed by atoms with Crippen molar-refractivity contribution in [3.8, 4) is 0 Å². The van der Waals surface area contributed by atoms with Gasteiger partial charge in [-0.15, -0.1) is 0 Å². The first-order valence-corrected chi connectivity index (χ1v) is 4.54. The van der Waals surface area contributed by atoms with Crippen molar-refractivity contribution >= 4 is 0 Å². The van der Waals surface area contributed by atoms with Gasteiger partial charge in [-0.25, -0.2) is 0 Å². The van der Waals surface area contributed by atoms with Crippen LogP contribution in [0.25, 0.3) is 0 Å². The molecule has 0 aromatic carbocycles. The van der Waals surface area contributed by atoms with E-state index in [1.54, 1.807) is 0 Å². The van der Waals surface area contributed by atoms with Gasteiger partial charge in [0.25, 0.3) is 0 Å². The predicted octanol–water partition coefficient (Wildman–Crippen LogP) is 2.36. The van der Waals surface area contributed by atoms with Crippen molar-refractivity contribution < 1.29 is 5.11 Å². The minimum atomic E-state index is 0.314. The maximum atomic E-state index is 8.81. The van der Waals surface area contributed by atoms with E-state index in [1.807, 2.05) is 0 Å². The molecule has 1 heteroatoms. The van der Waals surface area contributed by atoms with Crippen LogP contribution in [0.2, 0.25) is 0 Å². The van der Waals surface area contributed by atoms with Crippen LogP contribution in [-0.4, -0.2) is 11.7 Å². The molecule has 1 aliphatic rings. The van der Waals surface area contributed by atoms with Gasteiger partial charge in [0, 0.05) is 6.61 Å². The van der Waals surface area contributed by atoms with Gasteiger partial charge < -0.3 is 5.11 Å². The highest BCUT2D eigenvalue weighted by Crippen LogP contribution is 2.34. The van der Waals surface area contributed by atoms with Crippen LogP contribution >= 0.6 is 0 Å². The zero-order chi connectivity index (χ0) is 8.27. The van der Waals surface area contributed by atoms with Crippen LogP contribution in [0.3, 0.4) is 0 Å². The molecule has 64 valence electrons. The molecule has 0 aromatic heterocycles. The Morgan fingerprint density at radius 1 is 1.64 bits per heavy atom. The van der Waals surface area contributed by atoms with Crippen molar-refractivity contribution in [3.05, 3.63) is 12.2 Å². The Morgan fingerprint density at radius 2 is 2.36 bits per heavy atom. The number of aliphatic hydroxyl groups is 1. The second-order valence-electron chi connectivity index (χ2n) is 3.65. The van der Waals surface area contributed by atoms with Crippen LogP contribution in [0.5, 0.6) is 0 Å². The number of allylic oxidation sites excluding steroid dienone is 1. The second kappa shape index (κ2) is 3.91. The zero-order valence-electron chi connectivity index (χ0n) is 7.34. The van der Waals surface area contributed by atoms with Crippen LogP contribution in [0.1, 0.15) is 32.6 Å². The van der Waals surface area contributed by atoms with Gasteiger partial charge in [-0.3, -0.25) is 0 Å². The highest BCUT2D eigenvalue weighted by molar-refractivity contribution is 5.05. The van der Waals surface area contributed by atoms with Crippen molar-refractivity contribution in [1.82, 2.24) is 0 Å². The van der Waals surface area contributed by atoms with Gasteiger partial charge in [0.1, 0.15) is 0 Å². The number of rotatable bonds is 2. The molecule has 1 N–H and O–H groups in total. The number of aliphatic hydroxyl groups excluding tert-OH is 1. The molecule has 2 atom stereocenters. The summed E-state index contributed by atoms with van der Waals surface area (Å²) in [5.41, 5.74) is 1.36. The summed E-state index contributed by atoms with van der Waals surface area (Å²) in [6, 6.07) is 0. The van der Waals surface area contributed by atoms with E-state index in [9.17, 15) is 0 Å². The van der Waals surface area contributed by atoms with E-state index in [1.165, 1.54) is 24.8 Å². The largest absolute Gasteiger partial charge is 0.396 e. The second-order valence-corrected chi connectivity index (χ2v) is 3.65. The summed E-state index contributed by atoms with van der Waals surface area (Å²) < 4.78 is 0. The molecule has 11 heavy (non-hydrogen) atoms. The molecule has 0 aromatic rings. The van der Waals surface area contributed by atoms with Crippen LogP contribution < -0.4 is 0 Å². The lowest BCUT2D eigenvalue weighted by Gasteiger charge is -2.30. The fourth-order valence-electron chi connectivity index (χ4n) is 2.07. The monoisotopic (exact) mass is 154 g/mol. The minimum Gasteiger partial charge on any atom is -0.396 e. The van der Waals surface area contributed by atoms with Crippen molar-refractivity contribution in [3.63, 3.8) is 0 Å². The SMILES string of the molecule is C=C1CCC[C@@H](C)[C@H]1CCO. The Bertz CT molecular complexity index is 140. The van der Waals surface area contributed by atoms with Gasteiger partial charge in [0.05, 0.1) is 0 Å². The van der Waals surface area contributed by atoms with E-state index in [2.05, 4.69) is 13.5 Å². The molecular formula is C10H18O. The summed E-state index contributed by atoms with van der Waals surface area (Å²) in [7, 11) is 0. The molecule has 0 radical (unpaired) electrons. The van der Waals surface area contributed by atoms with E-state index in [4.69, 9.17) is 5.11 Å². The summed E-state index contributed by atoms with van der Waals surface area (Å²) in [4.78, 5) is 0. The van der Waals surface area contributed by atoms with Gasteiger partial charge in [-0.1, -0.05) is 19.1 Å². The molecule has 0 bridgehead atoms. The normalized spacial score (nSPS) is 32.4. The van der Waals surface area contributed by atoms with E-state index < -0.39 is 0 Å².